The van der Waals surface area contributed by atoms with Crippen molar-refractivity contribution in [3.8, 4) is 11.3 Å². The first-order valence-electron chi connectivity index (χ1n) is 4.87. The summed E-state index contributed by atoms with van der Waals surface area (Å²) in [6.45, 7) is 0. The van der Waals surface area contributed by atoms with E-state index in [4.69, 9.17) is 5.11 Å². The van der Waals surface area contributed by atoms with Crippen LogP contribution >= 0.6 is 0 Å². The minimum atomic E-state index is -0.981. The lowest BCUT2D eigenvalue weighted by Gasteiger charge is -2.01. The number of carboxylic acids is 1. The van der Waals surface area contributed by atoms with Crippen molar-refractivity contribution in [1.82, 2.24) is 15.0 Å². The van der Waals surface area contributed by atoms with Crippen molar-refractivity contribution in [2.45, 2.75) is 6.42 Å². The van der Waals surface area contributed by atoms with E-state index in [1.54, 1.807) is 12.1 Å². The minimum Gasteiger partial charge on any atom is -0.481 e. The van der Waals surface area contributed by atoms with Gasteiger partial charge in [0.25, 0.3) is 0 Å². The van der Waals surface area contributed by atoms with E-state index >= 15 is 0 Å². The monoisotopic (exact) mass is 231 g/mol. The highest BCUT2D eigenvalue weighted by Gasteiger charge is 2.04. The summed E-state index contributed by atoms with van der Waals surface area (Å²) in [6, 6.07) is 4.75. The number of H-pyrrole nitrogens is 1. The highest BCUT2D eigenvalue weighted by Crippen LogP contribution is 2.12. The van der Waals surface area contributed by atoms with Gasteiger partial charge in [0.15, 0.2) is 0 Å². The van der Waals surface area contributed by atoms with Gasteiger partial charge in [-0.15, -0.1) is 0 Å². The first-order valence-corrected chi connectivity index (χ1v) is 4.87. The number of aromatic amines is 1. The summed E-state index contributed by atoms with van der Waals surface area (Å²) in [4.78, 5) is 32.0. The lowest BCUT2D eigenvalue weighted by atomic mass is 10.2. The van der Waals surface area contributed by atoms with E-state index < -0.39 is 5.97 Å². The number of pyridine rings is 1. The van der Waals surface area contributed by atoms with E-state index in [-0.39, 0.29) is 17.8 Å². The number of carbonyl (C=O) groups is 1. The van der Waals surface area contributed by atoms with Gasteiger partial charge in [0.1, 0.15) is 12.2 Å². The van der Waals surface area contributed by atoms with Gasteiger partial charge in [0, 0.05) is 24.0 Å². The quantitative estimate of drug-likeness (QED) is 0.799. The van der Waals surface area contributed by atoms with Crippen LogP contribution in [0, 0.1) is 0 Å². The summed E-state index contributed by atoms with van der Waals surface area (Å²) < 4.78 is 0. The lowest BCUT2D eigenvalue weighted by molar-refractivity contribution is -0.136. The van der Waals surface area contributed by atoms with Gasteiger partial charge in [0.2, 0.25) is 5.56 Å². The molecule has 2 heterocycles. The molecule has 0 bridgehead atoms. The second-order valence-electron chi connectivity index (χ2n) is 3.39. The number of hydrogen-bond donors (Lipinski definition) is 2. The molecule has 0 spiro atoms. The van der Waals surface area contributed by atoms with Gasteiger partial charge in [0.05, 0.1) is 5.69 Å². The molecule has 0 radical (unpaired) electrons. The Morgan fingerprint density at radius 2 is 2.00 bits per heavy atom. The molecule has 6 heteroatoms. The van der Waals surface area contributed by atoms with E-state index in [2.05, 4.69) is 15.0 Å². The standard InChI is InChI=1S/C11H9N3O3/c15-10-3-1-2-8(14-10)7-5-12-9(13-6-7)4-11(16)17/h1-3,5-6H,4H2,(H,14,15)(H,16,17). The van der Waals surface area contributed by atoms with Crippen LogP contribution in [0.5, 0.6) is 0 Å². The van der Waals surface area contributed by atoms with E-state index in [9.17, 15) is 9.59 Å². The van der Waals surface area contributed by atoms with Crippen LogP contribution in [0.15, 0.2) is 35.4 Å². The van der Waals surface area contributed by atoms with Gasteiger partial charge in [-0.05, 0) is 6.07 Å². The van der Waals surface area contributed by atoms with Crippen molar-refractivity contribution in [2.75, 3.05) is 0 Å². The fraction of sp³-hybridized carbons (Fsp3) is 0.0909. The number of aromatic nitrogens is 3. The summed E-state index contributed by atoms with van der Waals surface area (Å²) in [5.74, 6) is -0.745. The maximum Gasteiger partial charge on any atom is 0.311 e. The molecule has 2 aromatic heterocycles. The topological polar surface area (TPSA) is 95.9 Å². The number of hydrogen-bond acceptors (Lipinski definition) is 4. The summed E-state index contributed by atoms with van der Waals surface area (Å²) in [7, 11) is 0. The molecule has 0 fully saturated rings. The minimum absolute atomic E-state index is 0.211. The van der Waals surface area contributed by atoms with Crippen LogP contribution in [0.3, 0.4) is 0 Å². The molecule has 0 saturated carbocycles. The first-order chi connectivity index (χ1) is 8.15. The van der Waals surface area contributed by atoms with Gasteiger partial charge in [-0.2, -0.15) is 0 Å². The number of aliphatic carboxylic acids is 1. The molecule has 0 aliphatic heterocycles. The Hall–Kier alpha value is -2.50. The SMILES string of the molecule is O=C(O)Cc1ncc(-c2cccc(=O)[nH]2)cn1. The maximum absolute atomic E-state index is 11.1. The van der Waals surface area contributed by atoms with E-state index in [0.29, 0.717) is 11.3 Å². The maximum atomic E-state index is 11.1. The summed E-state index contributed by atoms with van der Waals surface area (Å²) >= 11 is 0. The largest absolute Gasteiger partial charge is 0.481 e. The predicted molar refractivity (Wildman–Crippen MR) is 59.4 cm³/mol. The highest BCUT2D eigenvalue weighted by atomic mass is 16.4. The molecule has 0 aromatic carbocycles. The molecule has 0 unspecified atom stereocenters. The molecule has 0 atom stereocenters. The molecule has 0 aliphatic rings. The fourth-order valence-electron chi connectivity index (χ4n) is 1.34. The Morgan fingerprint density at radius 3 is 2.59 bits per heavy atom. The smallest absolute Gasteiger partial charge is 0.311 e. The van der Waals surface area contributed by atoms with Crippen molar-refractivity contribution < 1.29 is 9.90 Å². The van der Waals surface area contributed by atoms with Gasteiger partial charge < -0.3 is 10.1 Å². The van der Waals surface area contributed by atoms with Gasteiger partial charge >= 0.3 is 5.97 Å². The molecule has 2 aromatic rings. The Morgan fingerprint density at radius 1 is 1.29 bits per heavy atom. The Balaban J connectivity index is 2.29. The zero-order valence-electron chi connectivity index (χ0n) is 8.75. The second kappa shape index (κ2) is 4.56. The summed E-state index contributed by atoms with van der Waals surface area (Å²) in [5.41, 5.74) is 1.02. The van der Waals surface area contributed by atoms with Crippen LogP contribution in [0.2, 0.25) is 0 Å². The molecular weight excluding hydrogens is 222 g/mol. The molecule has 6 nitrogen and oxygen atoms in total. The van der Waals surface area contributed by atoms with Gasteiger partial charge in [-0.1, -0.05) is 6.07 Å². The third-order valence-electron chi connectivity index (χ3n) is 2.09. The average Bonchev–Trinajstić information content (AvgIpc) is 2.29. The molecule has 86 valence electrons. The Labute approximate surface area is 96.0 Å². The number of rotatable bonds is 3. The average molecular weight is 231 g/mol. The van der Waals surface area contributed by atoms with Gasteiger partial charge in [-0.3, -0.25) is 9.59 Å². The van der Waals surface area contributed by atoms with Crippen molar-refractivity contribution in [2.24, 2.45) is 0 Å². The van der Waals surface area contributed by atoms with E-state index in [1.165, 1.54) is 18.5 Å². The first kappa shape index (κ1) is 11.0. The van der Waals surface area contributed by atoms with Crippen LogP contribution in [0.25, 0.3) is 11.3 Å². The highest BCUT2D eigenvalue weighted by molar-refractivity contribution is 5.69. The van der Waals surface area contributed by atoms with E-state index in [0.717, 1.165) is 0 Å². The van der Waals surface area contributed by atoms with Crippen LogP contribution in [-0.4, -0.2) is 26.0 Å². The molecule has 2 N–H and O–H groups in total. The third-order valence-corrected chi connectivity index (χ3v) is 2.09. The van der Waals surface area contributed by atoms with Crippen molar-refractivity contribution in [1.29, 1.82) is 0 Å². The molecule has 17 heavy (non-hydrogen) atoms. The van der Waals surface area contributed by atoms with E-state index in [1.807, 2.05) is 0 Å². The van der Waals surface area contributed by atoms with Crippen molar-refractivity contribution in [3.63, 3.8) is 0 Å². The Kier molecular flexibility index (Phi) is 2.95. The van der Waals surface area contributed by atoms with Crippen LogP contribution < -0.4 is 5.56 Å². The molecule has 0 aliphatic carbocycles. The van der Waals surface area contributed by atoms with Crippen LogP contribution in [0.4, 0.5) is 0 Å². The fourth-order valence-corrected chi connectivity index (χ4v) is 1.34. The Bertz CT molecular complexity index is 589. The zero-order chi connectivity index (χ0) is 12.3. The van der Waals surface area contributed by atoms with Crippen molar-refractivity contribution >= 4 is 5.97 Å². The molecular formula is C11H9N3O3. The van der Waals surface area contributed by atoms with Crippen molar-refractivity contribution in [3.05, 3.63) is 46.8 Å². The third kappa shape index (κ3) is 2.75. The summed E-state index contributed by atoms with van der Waals surface area (Å²) in [5, 5.41) is 8.56. The summed E-state index contributed by atoms with van der Waals surface area (Å²) in [6.07, 6.45) is 2.75. The number of carboxylic acid groups (broad SMARTS) is 1. The second-order valence-corrected chi connectivity index (χ2v) is 3.39. The molecule has 2 rings (SSSR count). The number of nitrogens with zero attached hydrogens (tertiary/aromatic N) is 2. The lowest BCUT2D eigenvalue weighted by Crippen LogP contribution is -2.06. The zero-order valence-corrected chi connectivity index (χ0v) is 8.75. The predicted octanol–water partition coefficient (Wildman–Crippen LogP) is 0.459. The number of nitrogens with one attached hydrogen (secondary N) is 1. The normalized spacial score (nSPS) is 10.1. The van der Waals surface area contributed by atoms with Crippen LogP contribution in [-0.2, 0) is 11.2 Å². The van der Waals surface area contributed by atoms with Crippen LogP contribution in [0.1, 0.15) is 5.82 Å². The van der Waals surface area contributed by atoms with Gasteiger partial charge in [-0.25, -0.2) is 9.97 Å². The molecule has 0 saturated heterocycles. The molecule has 0 amide bonds.